The lowest BCUT2D eigenvalue weighted by Gasteiger charge is -2.23. The van der Waals surface area contributed by atoms with Crippen molar-refractivity contribution in [2.45, 2.75) is 39.5 Å². The molecule has 1 aliphatic heterocycles. The highest BCUT2D eigenvalue weighted by atomic mass is 16.2. The summed E-state index contributed by atoms with van der Waals surface area (Å²) in [6, 6.07) is 14.7. The summed E-state index contributed by atoms with van der Waals surface area (Å²) in [5.74, 6) is -0.658. The number of anilines is 2. The predicted molar refractivity (Wildman–Crippen MR) is 111 cm³/mol. The van der Waals surface area contributed by atoms with Gasteiger partial charge in [0.15, 0.2) is 5.78 Å². The molecule has 28 heavy (non-hydrogen) atoms. The third-order valence-electron chi connectivity index (χ3n) is 5.07. The van der Waals surface area contributed by atoms with E-state index in [0.29, 0.717) is 17.8 Å². The van der Waals surface area contributed by atoms with E-state index in [0.717, 1.165) is 11.3 Å². The summed E-state index contributed by atoms with van der Waals surface area (Å²) in [6.07, 6.45) is 0.179. The van der Waals surface area contributed by atoms with Gasteiger partial charge in [-0.05, 0) is 48.2 Å². The highest BCUT2D eigenvalue weighted by Crippen LogP contribution is 2.31. The van der Waals surface area contributed by atoms with Crippen molar-refractivity contribution in [3.63, 3.8) is 0 Å². The molecule has 1 aliphatic rings. The summed E-state index contributed by atoms with van der Waals surface area (Å²) in [7, 11) is 0. The second kappa shape index (κ2) is 7.58. The molecule has 1 atom stereocenters. The van der Waals surface area contributed by atoms with Gasteiger partial charge >= 0.3 is 0 Å². The predicted octanol–water partition coefficient (Wildman–Crippen LogP) is 4.18. The Labute approximate surface area is 165 Å². The molecular weight excluding hydrogens is 352 g/mol. The zero-order chi connectivity index (χ0) is 20.5. The first kappa shape index (κ1) is 19.8. The van der Waals surface area contributed by atoms with Gasteiger partial charge in [-0.1, -0.05) is 39.0 Å². The number of hydrogen-bond acceptors (Lipinski definition) is 3. The number of hydrogen-bond donors (Lipinski definition) is 1. The van der Waals surface area contributed by atoms with Gasteiger partial charge in [0.05, 0.1) is 5.92 Å². The number of benzene rings is 2. The SMILES string of the molecule is CC(=O)c1ccc(N2CC(C(=O)Nc3ccccc3C(C)(C)C)CC2=O)cc1. The van der Waals surface area contributed by atoms with Crippen LogP contribution < -0.4 is 10.2 Å². The molecule has 0 bridgehead atoms. The molecule has 1 unspecified atom stereocenters. The normalized spacial score (nSPS) is 16.9. The van der Waals surface area contributed by atoms with E-state index in [9.17, 15) is 14.4 Å². The number of ketones is 1. The molecule has 5 heteroatoms. The van der Waals surface area contributed by atoms with Crippen LogP contribution >= 0.6 is 0 Å². The van der Waals surface area contributed by atoms with Crippen molar-refractivity contribution in [1.29, 1.82) is 0 Å². The molecule has 0 spiro atoms. The highest BCUT2D eigenvalue weighted by molar-refractivity contribution is 6.04. The molecule has 0 radical (unpaired) electrons. The topological polar surface area (TPSA) is 66.5 Å². The lowest BCUT2D eigenvalue weighted by Crippen LogP contribution is -2.29. The van der Waals surface area contributed by atoms with Crippen LogP contribution in [0.25, 0.3) is 0 Å². The summed E-state index contributed by atoms with van der Waals surface area (Å²) in [4.78, 5) is 38.3. The number of rotatable bonds is 4. The molecule has 5 nitrogen and oxygen atoms in total. The van der Waals surface area contributed by atoms with Gasteiger partial charge in [-0.3, -0.25) is 14.4 Å². The average molecular weight is 378 g/mol. The van der Waals surface area contributed by atoms with Gasteiger partial charge in [-0.25, -0.2) is 0 Å². The van der Waals surface area contributed by atoms with Gasteiger partial charge in [0.2, 0.25) is 11.8 Å². The monoisotopic (exact) mass is 378 g/mol. The molecule has 1 saturated heterocycles. The van der Waals surface area contributed by atoms with Gasteiger partial charge in [0.25, 0.3) is 0 Å². The fraction of sp³-hybridized carbons (Fsp3) is 0.348. The Morgan fingerprint density at radius 2 is 1.68 bits per heavy atom. The maximum absolute atomic E-state index is 12.8. The molecule has 2 aromatic rings. The zero-order valence-electron chi connectivity index (χ0n) is 16.8. The summed E-state index contributed by atoms with van der Waals surface area (Å²) >= 11 is 0. The molecular formula is C23H26N2O3. The second-order valence-electron chi connectivity index (χ2n) is 8.29. The summed E-state index contributed by atoms with van der Waals surface area (Å²) < 4.78 is 0. The van der Waals surface area contributed by atoms with Gasteiger partial charge in [0.1, 0.15) is 0 Å². The minimum absolute atomic E-state index is 0.0194. The first-order valence-corrected chi connectivity index (χ1v) is 9.48. The zero-order valence-corrected chi connectivity index (χ0v) is 16.8. The summed E-state index contributed by atoms with van der Waals surface area (Å²) in [5.41, 5.74) is 3.06. The lowest BCUT2D eigenvalue weighted by molar-refractivity contribution is -0.122. The van der Waals surface area contributed by atoms with Gasteiger partial charge in [-0.2, -0.15) is 0 Å². The van der Waals surface area contributed by atoms with Crippen molar-refractivity contribution in [1.82, 2.24) is 0 Å². The molecule has 2 aromatic carbocycles. The van der Waals surface area contributed by atoms with E-state index in [4.69, 9.17) is 0 Å². The van der Waals surface area contributed by atoms with Crippen LogP contribution in [0.5, 0.6) is 0 Å². The van der Waals surface area contributed by atoms with E-state index < -0.39 is 5.92 Å². The molecule has 1 fully saturated rings. The van der Waals surface area contributed by atoms with Crippen molar-refractivity contribution in [3.05, 3.63) is 59.7 Å². The smallest absolute Gasteiger partial charge is 0.229 e. The Morgan fingerprint density at radius 1 is 1.04 bits per heavy atom. The molecule has 0 aromatic heterocycles. The minimum Gasteiger partial charge on any atom is -0.326 e. The Bertz CT molecular complexity index is 910. The van der Waals surface area contributed by atoms with E-state index in [1.165, 1.54) is 6.92 Å². The van der Waals surface area contributed by atoms with Crippen molar-refractivity contribution >= 4 is 29.0 Å². The van der Waals surface area contributed by atoms with E-state index in [-0.39, 0.29) is 29.4 Å². The summed E-state index contributed by atoms with van der Waals surface area (Å²) in [6.45, 7) is 8.14. The molecule has 146 valence electrons. The number of amides is 2. The molecule has 2 amide bonds. The van der Waals surface area contributed by atoms with Crippen LogP contribution in [0.3, 0.4) is 0 Å². The Balaban J connectivity index is 1.73. The van der Waals surface area contributed by atoms with Crippen molar-refractivity contribution in [2.75, 3.05) is 16.8 Å². The van der Waals surface area contributed by atoms with Gasteiger partial charge in [0, 0.05) is 29.9 Å². The number of carbonyl (C=O) groups is 3. The quantitative estimate of drug-likeness (QED) is 0.812. The van der Waals surface area contributed by atoms with Gasteiger partial charge in [-0.15, -0.1) is 0 Å². The molecule has 1 N–H and O–H groups in total. The first-order valence-electron chi connectivity index (χ1n) is 9.48. The fourth-order valence-electron chi connectivity index (χ4n) is 3.49. The van der Waals surface area contributed by atoms with Crippen LogP contribution in [0.4, 0.5) is 11.4 Å². The van der Waals surface area contributed by atoms with Gasteiger partial charge < -0.3 is 10.2 Å². The molecule has 0 aliphatic carbocycles. The fourth-order valence-corrected chi connectivity index (χ4v) is 3.49. The minimum atomic E-state index is -0.409. The van der Waals surface area contributed by atoms with E-state index in [1.54, 1.807) is 29.2 Å². The third kappa shape index (κ3) is 4.14. The van der Waals surface area contributed by atoms with E-state index >= 15 is 0 Å². The standard InChI is InChI=1S/C23H26N2O3/c1-15(26)16-9-11-18(12-10-16)25-14-17(13-21(25)27)22(28)24-20-8-6-5-7-19(20)23(2,3)4/h5-12,17H,13-14H2,1-4H3,(H,24,28). The molecule has 1 heterocycles. The van der Waals surface area contributed by atoms with Crippen LogP contribution in [0.2, 0.25) is 0 Å². The number of para-hydroxylation sites is 1. The Kier molecular flexibility index (Phi) is 5.36. The maximum Gasteiger partial charge on any atom is 0.229 e. The van der Waals surface area contributed by atoms with Crippen LogP contribution in [-0.2, 0) is 15.0 Å². The number of Topliss-reactive ketones (excluding diaryl/α,β-unsaturated/α-hetero) is 1. The average Bonchev–Trinajstić information content (AvgIpc) is 3.03. The third-order valence-corrected chi connectivity index (χ3v) is 5.07. The number of carbonyl (C=O) groups excluding carboxylic acids is 3. The highest BCUT2D eigenvalue weighted by Gasteiger charge is 2.35. The first-order chi connectivity index (χ1) is 13.2. The summed E-state index contributed by atoms with van der Waals surface area (Å²) in [5, 5.41) is 3.01. The van der Waals surface area contributed by atoms with Crippen molar-refractivity contribution in [3.8, 4) is 0 Å². The van der Waals surface area contributed by atoms with Crippen LogP contribution in [-0.4, -0.2) is 24.1 Å². The Hall–Kier alpha value is -2.95. The van der Waals surface area contributed by atoms with Crippen LogP contribution in [0.15, 0.2) is 48.5 Å². The van der Waals surface area contributed by atoms with E-state index in [2.05, 4.69) is 26.1 Å². The maximum atomic E-state index is 12.8. The van der Waals surface area contributed by atoms with Crippen LogP contribution in [0.1, 0.15) is 50.0 Å². The molecule has 0 saturated carbocycles. The number of nitrogens with one attached hydrogen (secondary N) is 1. The van der Waals surface area contributed by atoms with E-state index in [1.807, 2.05) is 24.3 Å². The molecule has 3 rings (SSSR count). The van der Waals surface area contributed by atoms with Crippen molar-refractivity contribution < 1.29 is 14.4 Å². The lowest BCUT2D eigenvalue weighted by atomic mass is 9.85. The largest absolute Gasteiger partial charge is 0.326 e. The van der Waals surface area contributed by atoms with Crippen molar-refractivity contribution in [2.24, 2.45) is 5.92 Å². The Morgan fingerprint density at radius 3 is 2.29 bits per heavy atom. The second-order valence-corrected chi connectivity index (χ2v) is 8.29. The number of nitrogens with zero attached hydrogens (tertiary/aromatic N) is 1. The van der Waals surface area contributed by atoms with Crippen LogP contribution in [0, 0.1) is 5.92 Å².